The van der Waals surface area contributed by atoms with Crippen molar-refractivity contribution in [3.05, 3.63) is 0 Å². The van der Waals surface area contributed by atoms with Crippen LogP contribution in [-0.4, -0.2) is 79.3 Å². The van der Waals surface area contributed by atoms with Gasteiger partial charge in [-0.15, -0.1) is 0 Å². The molecule has 2 atom stereocenters. The maximum Gasteiger partial charge on any atom is 0.326 e. The van der Waals surface area contributed by atoms with E-state index in [-0.39, 0.29) is 6.04 Å². The Kier molecular flexibility index (Phi) is 8.37. The van der Waals surface area contributed by atoms with Crippen LogP contribution in [0.4, 0.5) is 4.79 Å². The summed E-state index contributed by atoms with van der Waals surface area (Å²) < 4.78 is 4.43. The van der Waals surface area contributed by atoms with Gasteiger partial charge in [-0.05, 0) is 27.9 Å². The Morgan fingerprint density at radius 2 is 1.86 bits per heavy atom. The number of hydrogen-bond acceptors (Lipinski definition) is 5. The number of rotatable bonds is 8. The van der Waals surface area contributed by atoms with Crippen LogP contribution in [0.15, 0.2) is 0 Å². The number of ether oxygens (including phenoxy) is 1. The second-order valence-electron chi connectivity index (χ2n) is 5.02. The third-order valence-corrected chi connectivity index (χ3v) is 2.96. The summed E-state index contributed by atoms with van der Waals surface area (Å²) >= 11 is 0. The van der Waals surface area contributed by atoms with E-state index in [1.165, 1.54) is 12.0 Å². The van der Waals surface area contributed by atoms with Crippen molar-refractivity contribution in [3.63, 3.8) is 0 Å². The zero-order valence-corrected chi connectivity index (χ0v) is 13.3. The van der Waals surface area contributed by atoms with Gasteiger partial charge in [0.25, 0.3) is 0 Å². The molecule has 2 amide bonds. The van der Waals surface area contributed by atoms with Crippen LogP contribution in [0.3, 0.4) is 0 Å². The van der Waals surface area contributed by atoms with Crippen molar-refractivity contribution in [3.8, 4) is 0 Å². The fraction of sp³-hybridized carbons (Fsp3) is 0.769. The number of hydrogen-bond donors (Lipinski definition) is 2. The standard InChI is InChI=1S/C13H25N3O5/c1-6-16(9(2)8-15(3)4)13(20)14-10(12(18)19)7-11(17)21-5/h9-10H,6-8H2,1-5H3,(H,14,20)(H,18,19)/t9?,10-/m0/s1. The smallest absolute Gasteiger partial charge is 0.326 e. The van der Waals surface area contributed by atoms with Gasteiger partial charge in [-0.25, -0.2) is 9.59 Å². The van der Waals surface area contributed by atoms with Crippen LogP contribution in [0, 0.1) is 0 Å². The predicted molar refractivity (Wildman–Crippen MR) is 77.0 cm³/mol. The number of methoxy groups -OCH3 is 1. The van der Waals surface area contributed by atoms with E-state index in [4.69, 9.17) is 5.11 Å². The largest absolute Gasteiger partial charge is 0.480 e. The molecule has 1 unspecified atom stereocenters. The van der Waals surface area contributed by atoms with Gasteiger partial charge in [0.05, 0.1) is 13.5 Å². The number of nitrogens with one attached hydrogen (secondary N) is 1. The van der Waals surface area contributed by atoms with Crippen molar-refractivity contribution in [2.45, 2.75) is 32.4 Å². The van der Waals surface area contributed by atoms with Crippen molar-refractivity contribution in [2.75, 3.05) is 34.3 Å². The van der Waals surface area contributed by atoms with Crippen molar-refractivity contribution < 1.29 is 24.2 Å². The lowest BCUT2D eigenvalue weighted by Crippen LogP contribution is -2.53. The molecular weight excluding hydrogens is 278 g/mol. The number of urea groups is 1. The summed E-state index contributed by atoms with van der Waals surface area (Å²) in [6, 6.07) is -1.90. The molecule has 0 bridgehead atoms. The third-order valence-electron chi connectivity index (χ3n) is 2.96. The molecule has 122 valence electrons. The highest BCUT2D eigenvalue weighted by Gasteiger charge is 2.27. The minimum absolute atomic E-state index is 0.0856. The summed E-state index contributed by atoms with van der Waals surface area (Å²) in [4.78, 5) is 37.9. The second-order valence-corrected chi connectivity index (χ2v) is 5.02. The predicted octanol–water partition coefficient (Wildman–Crippen LogP) is -0.0157. The van der Waals surface area contributed by atoms with Gasteiger partial charge < -0.3 is 25.0 Å². The lowest BCUT2D eigenvalue weighted by Gasteiger charge is -2.31. The molecule has 0 rings (SSSR count). The van der Waals surface area contributed by atoms with Gasteiger partial charge in [-0.2, -0.15) is 0 Å². The molecule has 0 saturated heterocycles. The van der Waals surface area contributed by atoms with E-state index >= 15 is 0 Å². The molecule has 0 aliphatic rings. The van der Waals surface area contributed by atoms with Crippen molar-refractivity contribution in [2.24, 2.45) is 0 Å². The number of nitrogens with zero attached hydrogens (tertiary/aromatic N) is 2. The molecule has 0 spiro atoms. The van der Waals surface area contributed by atoms with Crippen molar-refractivity contribution >= 4 is 18.0 Å². The van der Waals surface area contributed by atoms with Crippen LogP contribution >= 0.6 is 0 Å². The fourth-order valence-corrected chi connectivity index (χ4v) is 1.96. The second kappa shape index (κ2) is 9.17. The SMILES string of the molecule is CCN(C(=O)N[C@@H](CC(=O)OC)C(=O)O)C(C)CN(C)C. The summed E-state index contributed by atoms with van der Waals surface area (Å²) in [5, 5.41) is 11.4. The Morgan fingerprint density at radius 1 is 1.29 bits per heavy atom. The van der Waals surface area contributed by atoms with Gasteiger partial charge in [-0.3, -0.25) is 4.79 Å². The fourth-order valence-electron chi connectivity index (χ4n) is 1.96. The number of amides is 2. The summed E-state index contributed by atoms with van der Waals surface area (Å²) in [5.41, 5.74) is 0. The molecule has 0 aromatic carbocycles. The Labute approximate surface area is 125 Å². The molecular formula is C13H25N3O5. The quantitative estimate of drug-likeness (QED) is 0.612. The highest BCUT2D eigenvalue weighted by atomic mass is 16.5. The van der Waals surface area contributed by atoms with E-state index in [1.54, 1.807) is 0 Å². The Morgan fingerprint density at radius 3 is 2.24 bits per heavy atom. The van der Waals surface area contributed by atoms with E-state index < -0.39 is 30.4 Å². The lowest BCUT2D eigenvalue weighted by molar-refractivity contribution is -0.147. The monoisotopic (exact) mass is 303 g/mol. The van der Waals surface area contributed by atoms with Crippen molar-refractivity contribution in [1.29, 1.82) is 0 Å². The highest BCUT2D eigenvalue weighted by Crippen LogP contribution is 2.03. The molecule has 0 aromatic heterocycles. The number of aliphatic carboxylic acids is 1. The zero-order chi connectivity index (χ0) is 16.6. The number of esters is 1. The maximum atomic E-state index is 12.2. The topological polar surface area (TPSA) is 99.2 Å². The first kappa shape index (κ1) is 19.2. The maximum absolute atomic E-state index is 12.2. The molecule has 0 heterocycles. The number of carbonyl (C=O) groups excluding carboxylic acids is 2. The number of carbonyl (C=O) groups is 3. The first-order valence-electron chi connectivity index (χ1n) is 6.74. The van der Waals surface area contributed by atoms with Gasteiger partial charge in [0, 0.05) is 19.1 Å². The zero-order valence-electron chi connectivity index (χ0n) is 13.3. The van der Waals surface area contributed by atoms with Crippen LogP contribution < -0.4 is 5.32 Å². The van der Waals surface area contributed by atoms with Gasteiger partial charge in [0.2, 0.25) is 0 Å². The molecule has 8 heteroatoms. The van der Waals surface area contributed by atoms with Gasteiger partial charge in [-0.1, -0.05) is 0 Å². The minimum atomic E-state index is -1.30. The molecule has 21 heavy (non-hydrogen) atoms. The third kappa shape index (κ3) is 6.94. The van der Waals surface area contributed by atoms with E-state index in [9.17, 15) is 14.4 Å². The summed E-state index contributed by atoms with van der Waals surface area (Å²) in [6.07, 6.45) is -0.406. The van der Waals surface area contributed by atoms with E-state index in [0.29, 0.717) is 13.1 Å². The normalized spacial score (nSPS) is 13.4. The van der Waals surface area contributed by atoms with Crippen LogP contribution in [-0.2, 0) is 14.3 Å². The van der Waals surface area contributed by atoms with Gasteiger partial charge >= 0.3 is 18.0 Å². The van der Waals surface area contributed by atoms with E-state index in [2.05, 4.69) is 10.1 Å². The Bertz CT molecular complexity index is 373. The van der Waals surface area contributed by atoms with E-state index in [1.807, 2.05) is 32.8 Å². The Hall–Kier alpha value is -1.83. The van der Waals surface area contributed by atoms with Crippen LogP contribution in [0.25, 0.3) is 0 Å². The molecule has 0 aliphatic heterocycles. The molecule has 2 N–H and O–H groups in total. The number of carboxylic acids is 1. The lowest BCUT2D eigenvalue weighted by atomic mass is 10.2. The molecule has 0 fully saturated rings. The average molecular weight is 303 g/mol. The highest BCUT2D eigenvalue weighted by molar-refractivity contribution is 5.86. The van der Waals surface area contributed by atoms with Gasteiger partial charge in [0.15, 0.2) is 0 Å². The molecule has 0 saturated carbocycles. The minimum Gasteiger partial charge on any atom is -0.480 e. The summed E-state index contributed by atoms with van der Waals surface area (Å²) in [7, 11) is 4.94. The van der Waals surface area contributed by atoms with Crippen molar-refractivity contribution in [1.82, 2.24) is 15.1 Å². The van der Waals surface area contributed by atoms with Crippen LogP contribution in [0.2, 0.25) is 0 Å². The van der Waals surface area contributed by atoms with Crippen LogP contribution in [0.1, 0.15) is 20.3 Å². The number of likely N-dealkylation sites (N-methyl/N-ethyl adjacent to an activating group) is 2. The summed E-state index contributed by atoms with van der Waals surface area (Å²) in [5.74, 6) is -1.96. The first-order chi connectivity index (χ1) is 9.72. The molecule has 0 aromatic rings. The van der Waals surface area contributed by atoms with E-state index in [0.717, 1.165) is 0 Å². The first-order valence-corrected chi connectivity index (χ1v) is 6.74. The van der Waals surface area contributed by atoms with Crippen LogP contribution in [0.5, 0.6) is 0 Å². The Balaban J connectivity index is 4.78. The van der Waals surface area contributed by atoms with Gasteiger partial charge in [0.1, 0.15) is 6.04 Å². The summed E-state index contributed by atoms with van der Waals surface area (Å²) in [6.45, 7) is 4.77. The number of carboxylic acid groups (broad SMARTS) is 1. The molecule has 0 aliphatic carbocycles. The molecule has 0 radical (unpaired) electrons. The molecule has 8 nitrogen and oxygen atoms in total. The average Bonchev–Trinajstić information content (AvgIpc) is 2.37.